The molecule has 3 atom stereocenters. The van der Waals surface area contributed by atoms with E-state index in [-0.39, 0.29) is 16.8 Å². The van der Waals surface area contributed by atoms with Crippen molar-refractivity contribution in [3.8, 4) is 17.2 Å². The number of ether oxygens (including phenoxy) is 3. The zero-order valence-electron chi connectivity index (χ0n) is 40.8. The number of hydrogen-bond donors (Lipinski definition) is 1. The van der Waals surface area contributed by atoms with Gasteiger partial charge >= 0.3 is 5.97 Å². The molecule has 3 saturated heterocycles. The maximum absolute atomic E-state index is 13.6. The van der Waals surface area contributed by atoms with E-state index < -0.39 is 12.1 Å². The second-order valence-electron chi connectivity index (χ2n) is 19.2. The SMILES string of the molecule is COc1ccc([C@@H]2Sc3ccccc3N(CCN(C)C)C(=O)[C@@H]2OC(C)=O)cc1.Cc1c(C)c2c(c(C)c1O)CCC(C)(CN1CCN(c3cc(N4CCCC4)nc(N4CCCC4)n3)CC1)O2. The maximum Gasteiger partial charge on any atom is 0.303 e. The van der Waals surface area contributed by atoms with Crippen LogP contribution in [0.15, 0.2) is 59.5 Å². The first kappa shape index (κ1) is 48.2. The quantitative estimate of drug-likeness (QED) is 0.149. The Balaban J connectivity index is 0.000000189. The number of phenols is 1. The Hall–Kier alpha value is -5.25. The molecule has 0 bridgehead atoms. The highest BCUT2D eigenvalue weighted by molar-refractivity contribution is 7.99. The Kier molecular flexibility index (Phi) is 15.1. The third-order valence-electron chi connectivity index (χ3n) is 14.1. The highest BCUT2D eigenvalue weighted by Crippen LogP contribution is 2.47. The van der Waals surface area contributed by atoms with Gasteiger partial charge in [0.25, 0.3) is 5.91 Å². The van der Waals surface area contributed by atoms with Gasteiger partial charge in [0.05, 0.1) is 18.0 Å². The van der Waals surface area contributed by atoms with Crippen molar-refractivity contribution in [1.29, 1.82) is 0 Å². The molecule has 9 rings (SSSR count). The molecule has 6 heterocycles. The summed E-state index contributed by atoms with van der Waals surface area (Å²) in [6.45, 7) is 20.1. The first-order valence-corrected chi connectivity index (χ1v) is 25.0. The number of carbonyl (C=O) groups excluding carboxylic acids is 2. The summed E-state index contributed by atoms with van der Waals surface area (Å²) >= 11 is 1.54. The predicted molar refractivity (Wildman–Crippen MR) is 268 cm³/mol. The van der Waals surface area contributed by atoms with Crippen LogP contribution in [0.5, 0.6) is 17.2 Å². The predicted octanol–water partition coefficient (Wildman–Crippen LogP) is 7.58. The third-order valence-corrected chi connectivity index (χ3v) is 15.4. The van der Waals surface area contributed by atoms with Crippen LogP contribution in [0.25, 0.3) is 0 Å². The molecule has 0 aliphatic carbocycles. The van der Waals surface area contributed by atoms with E-state index in [2.05, 4.69) is 39.5 Å². The summed E-state index contributed by atoms with van der Waals surface area (Å²) in [5.41, 5.74) is 5.69. The molecule has 4 aromatic rings. The summed E-state index contributed by atoms with van der Waals surface area (Å²) in [6.07, 6.45) is 5.97. The molecule has 1 N–H and O–H groups in total. The average Bonchev–Trinajstić information content (AvgIpc) is 4.07. The number of nitrogens with zero attached hydrogens (tertiary/aromatic N) is 8. The van der Waals surface area contributed by atoms with Crippen LogP contribution in [-0.4, -0.2) is 142 Å². The zero-order chi connectivity index (χ0) is 47.4. The first-order valence-electron chi connectivity index (χ1n) is 24.1. The van der Waals surface area contributed by atoms with Gasteiger partial charge < -0.3 is 43.8 Å². The number of likely N-dealkylation sites (N-methyl/N-ethyl adjacent to an activating group) is 1. The average molecular weight is 935 g/mol. The molecular weight excluding hydrogens is 865 g/mol. The fraction of sp³-hybridized carbons (Fsp3) is 0.538. The Labute approximate surface area is 401 Å². The minimum Gasteiger partial charge on any atom is -0.507 e. The van der Waals surface area contributed by atoms with Crippen molar-refractivity contribution in [1.82, 2.24) is 19.8 Å². The van der Waals surface area contributed by atoms with Crippen molar-refractivity contribution in [3.05, 3.63) is 82.4 Å². The van der Waals surface area contributed by atoms with Gasteiger partial charge in [0, 0.05) is 95.4 Å². The number of benzene rings is 3. The van der Waals surface area contributed by atoms with E-state index in [9.17, 15) is 14.7 Å². The Morgan fingerprint density at radius 3 is 2.12 bits per heavy atom. The molecule has 3 aromatic carbocycles. The van der Waals surface area contributed by atoms with Crippen molar-refractivity contribution in [2.24, 2.45) is 0 Å². The lowest BCUT2D eigenvalue weighted by Crippen LogP contribution is -2.54. The van der Waals surface area contributed by atoms with E-state index in [0.717, 1.165) is 134 Å². The van der Waals surface area contributed by atoms with Gasteiger partial charge in [0.15, 0.2) is 6.10 Å². The molecule has 1 unspecified atom stereocenters. The number of esters is 1. The second-order valence-corrected chi connectivity index (χ2v) is 20.4. The van der Waals surface area contributed by atoms with Gasteiger partial charge in [0.2, 0.25) is 5.95 Å². The van der Waals surface area contributed by atoms with Crippen LogP contribution in [0.1, 0.15) is 79.0 Å². The first-order chi connectivity index (χ1) is 32.2. The largest absolute Gasteiger partial charge is 0.507 e. The summed E-state index contributed by atoms with van der Waals surface area (Å²) in [5.74, 6) is 4.57. The van der Waals surface area contributed by atoms with Crippen molar-refractivity contribution in [2.75, 3.05) is 113 Å². The topological polar surface area (TPSA) is 127 Å². The van der Waals surface area contributed by atoms with Crippen molar-refractivity contribution >= 4 is 46.9 Å². The molecule has 360 valence electrons. The lowest BCUT2D eigenvalue weighted by Gasteiger charge is -2.43. The van der Waals surface area contributed by atoms with Gasteiger partial charge in [-0.15, -0.1) is 11.8 Å². The van der Waals surface area contributed by atoms with E-state index in [0.29, 0.717) is 18.8 Å². The number of piperazine rings is 1. The summed E-state index contributed by atoms with van der Waals surface area (Å²) in [6, 6.07) is 17.6. The molecule has 1 amide bonds. The number of hydrogen-bond acceptors (Lipinski definition) is 14. The number of carbonyl (C=O) groups is 2. The van der Waals surface area contributed by atoms with Crippen LogP contribution in [-0.2, 0) is 20.7 Å². The number of amides is 1. The molecule has 14 nitrogen and oxygen atoms in total. The monoisotopic (exact) mass is 935 g/mol. The second kappa shape index (κ2) is 20.9. The van der Waals surface area contributed by atoms with Gasteiger partial charge in [-0.3, -0.25) is 14.5 Å². The molecule has 5 aliphatic rings. The summed E-state index contributed by atoms with van der Waals surface area (Å²) < 4.78 is 17.6. The van der Waals surface area contributed by atoms with Crippen molar-refractivity contribution in [3.63, 3.8) is 0 Å². The minimum atomic E-state index is -0.916. The Morgan fingerprint density at radius 1 is 0.866 bits per heavy atom. The lowest BCUT2D eigenvalue weighted by atomic mass is 9.87. The summed E-state index contributed by atoms with van der Waals surface area (Å²) in [4.78, 5) is 50.1. The molecule has 67 heavy (non-hydrogen) atoms. The van der Waals surface area contributed by atoms with E-state index in [1.54, 1.807) is 23.8 Å². The lowest BCUT2D eigenvalue weighted by molar-refractivity contribution is -0.152. The molecule has 15 heteroatoms. The standard InChI is InChI=1S/C30H44N6O2.C22H26N2O4S/c1-21-22(2)28-24(23(3)27(21)37)9-10-30(4,38-28)20-33-15-17-35(18-16-33)26-19-25(34-11-5-6-12-34)31-29(32-26)36-13-7-8-14-36;1-15(25)28-20-21(16-9-11-17(27-4)12-10-16)29-19-8-6-5-7-18(19)24(22(20)26)14-13-23(2)3/h19,37H,5-18,20H2,1-4H3;5-12,20-21H,13-14H2,1-4H3/t;20-,21+/m.1/s1. The smallest absolute Gasteiger partial charge is 0.303 e. The zero-order valence-corrected chi connectivity index (χ0v) is 41.7. The number of fused-ring (bicyclic) bond motifs is 2. The fourth-order valence-electron chi connectivity index (χ4n) is 9.99. The number of phenolic OH excluding ortho intramolecular Hbond substituents is 1. The van der Waals surface area contributed by atoms with E-state index in [1.165, 1.54) is 38.2 Å². The molecule has 0 saturated carbocycles. The molecule has 1 aromatic heterocycles. The third kappa shape index (κ3) is 10.9. The van der Waals surface area contributed by atoms with E-state index >= 15 is 0 Å². The molecule has 0 spiro atoms. The van der Waals surface area contributed by atoms with Crippen molar-refractivity contribution < 1.29 is 28.9 Å². The van der Waals surface area contributed by atoms with Gasteiger partial charge in [0.1, 0.15) is 34.5 Å². The number of aromatic hydroxyl groups is 1. The number of methoxy groups -OCH3 is 1. The van der Waals surface area contributed by atoms with Gasteiger partial charge in [-0.1, -0.05) is 24.3 Å². The summed E-state index contributed by atoms with van der Waals surface area (Å²) in [7, 11) is 5.54. The van der Waals surface area contributed by atoms with E-state index in [4.69, 9.17) is 24.2 Å². The maximum atomic E-state index is 13.6. The minimum absolute atomic E-state index is 0.208. The van der Waals surface area contributed by atoms with Crippen LogP contribution in [0.2, 0.25) is 0 Å². The van der Waals surface area contributed by atoms with Crippen LogP contribution in [0.3, 0.4) is 0 Å². The number of anilines is 4. The highest BCUT2D eigenvalue weighted by Gasteiger charge is 2.41. The van der Waals surface area contributed by atoms with Crippen LogP contribution in [0.4, 0.5) is 23.3 Å². The Bertz CT molecular complexity index is 2350. The number of para-hydroxylation sites is 1. The van der Waals surface area contributed by atoms with Crippen molar-refractivity contribution in [2.45, 2.75) is 95.0 Å². The van der Waals surface area contributed by atoms with Crippen LogP contribution in [0, 0.1) is 20.8 Å². The molecule has 0 radical (unpaired) electrons. The highest BCUT2D eigenvalue weighted by atomic mass is 32.2. The molecular formula is C52H70N8O6S. The van der Waals surface area contributed by atoms with Gasteiger partial charge in [-0.25, -0.2) is 0 Å². The number of rotatable bonds is 11. The van der Waals surface area contributed by atoms with E-state index in [1.807, 2.05) is 81.4 Å². The van der Waals surface area contributed by atoms with Crippen LogP contribution < -0.4 is 29.1 Å². The normalized spacial score (nSPS) is 21.9. The van der Waals surface area contributed by atoms with Gasteiger partial charge in [-0.2, -0.15) is 9.97 Å². The van der Waals surface area contributed by atoms with Crippen LogP contribution >= 0.6 is 11.8 Å². The Morgan fingerprint density at radius 2 is 1.49 bits per heavy atom. The van der Waals surface area contributed by atoms with Gasteiger partial charge in [-0.05, 0) is 127 Å². The number of aromatic nitrogens is 2. The molecule has 5 aliphatic heterocycles. The molecule has 3 fully saturated rings. The summed E-state index contributed by atoms with van der Waals surface area (Å²) in [5, 5.41) is 10.2. The fourth-order valence-corrected chi connectivity index (χ4v) is 11.3. The number of thioether (sulfide) groups is 1.